The van der Waals surface area contributed by atoms with Crippen molar-refractivity contribution in [3.8, 4) is 11.4 Å². The number of nitrogens with one attached hydrogen (secondary N) is 1. The van der Waals surface area contributed by atoms with Crippen molar-refractivity contribution < 1.29 is 13.8 Å². The molecule has 2 heterocycles. The second-order valence-corrected chi connectivity index (χ2v) is 6.72. The molecule has 0 saturated carbocycles. The van der Waals surface area contributed by atoms with Crippen molar-refractivity contribution in [3.05, 3.63) is 53.7 Å². The van der Waals surface area contributed by atoms with Gasteiger partial charge in [-0.15, -0.1) is 0 Å². The minimum absolute atomic E-state index is 0.274. The summed E-state index contributed by atoms with van der Waals surface area (Å²) in [6.07, 6.45) is 0. The summed E-state index contributed by atoms with van der Waals surface area (Å²) in [4.78, 5) is 18.3. The monoisotopic (exact) mass is 369 g/mol. The maximum Gasteiger partial charge on any atom is 0.318 e. The van der Waals surface area contributed by atoms with E-state index in [4.69, 9.17) is 9.05 Å². The van der Waals surface area contributed by atoms with Crippen LogP contribution >= 0.6 is 0 Å². The van der Waals surface area contributed by atoms with Crippen LogP contribution in [-0.2, 0) is 6.54 Å². The molecule has 27 heavy (non-hydrogen) atoms. The van der Waals surface area contributed by atoms with E-state index in [9.17, 15) is 4.79 Å². The zero-order valence-corrected chi connectivity index (χ0v) is 15.8. The van der Waals surface area contributed by atoms with Crippen molar-refractivity contribution in [1.82, 2.24) is 25.5 Å². The van der Waals surface area contributed by atoms with Crippen molar-refractivity contribution in [2.24, 2.45) is 0 Å². The Labute approximate surface area is 157 Å². The maximum atomic E-state index is 12.4. The number of benzene rings is 1. The van der Waals surface area contributed by atoms with Crippen LogP contribution in [0, 0.1) is 0 Å². The molecule has 0 saturated heterocycles. The fourth-order valence-corrected chi connectivity index (χ4v) is 2.45. The summed E-state index contributed by atoms with van der Waals surface area (Å²) in [7, 11) is 1.68. The van der Waals surface area contributed by atoms with Crippen molar-refractivity contribution >= 4 is 6.03 Å². The van der Waals surface area contributed by atoms with E-state index in [-0.39, 0.29) is 11.9 Å². The molecule has 8 heteroatoms. The molecule has 0 aliphatic rings. The summed E-state index contributed by atoms with van der Waals surface area (Å²) < 4.78 is 10.6. The summed E-state index contributed by atoms with van der Waals surface area (Å²) in [5.41, 5.74) is 1.72. The molecule has 3 aromatic rings. The van der Waals surface area contributed by atoms with Crippen LogP contribution in [0.4, 0.5) is 4.79 Å². The van der Waals surface area contributed by atoms with Crippen LogP contribution in [0.15, 0.2) is 45.4 Å². The first-order valence-corrected chi connectivity index (χ1v) is 8.80. The largest absolute Gasteiger partial charge is 0.359 e. The number of urea groups is 1. The fraction of sp³-hybridized carbons (Fsp3) is 0.368. The summed E-state index contributed by atoms with van der Waals surface area (Å²) in [5.74, 6) is 1.74. The third-order valence-electron chi connectivity index (χ3n) is 4.09. The highest BCUT2D eigenvalue weighted by Crippen LogP contribution is 2.19. The lowest BCUT2D eigenvalue weighted by Crippen LogP contribution is -2.38. The topological polar surface area (TPSA) is 97.3 Å². The van der Waals surface area contributed by atoms with E-state index in [2.05, 4.69) is 20.6 Å². The molecule has 1 aromatic carbocycles. The maximum absolute atomic E-state index is 12.4. The first-order valence-electron chi connectivity index (χ1n) is 8.80. The minimum Gasteiger partial charge on any atom is -0.359 e. The summed E-state index contributed by atoms with van der Waals surface area (Å²) >= 11 is 0. The second-order valence-electron chi connectivity index (χ2n) is 6.72. The van der Waals surface area contributed by atoms with Gasteiger partial charge in [0.1, 0.15) is 6.04 Å². The smallest absolute Gasteiger partial charge is 0.318 e. The molecule has 1 atom stereocenters. The number of amides is 2. The quantitative estimate of drug-likeness (QED) is 0.711. The number of nitrogens with zero attached hydrogens (tertiary/aromatic N) is 4. The van der Waals surface area contributed by atoms with E-state index in [1.54, 1.807) is 14.0 Å². The fourth-order valence-electron chi connectivity index (χ4n) is 2.45. The Hall–Kier alpha value is -3.16. The predicted octanol–water partition coefficient (Wildman–Crippen LogP) is 3.75. The van der Waals surface area contributed by atoms with E-state index >= 15 is 0 Å². The van der Waals surface area contributed by atoms with Gasteiger partial charge in [0.05, 0.1) is 12.2 Å². The van der Waals surface area contributed by atoms with Gasteiger partial charge < -0.3 is 19.3 Å². The van der Waals surface area contributed by atoms with Crippen LogP contribution in [0.5, 0.6) is 0 Å². The van der Waals surface area contributed by atoms with Crippen LogP contribution in [0.2, 0.25) is 0 Å². The van der Waals surface area contributed by atoms with Gasteiger partial charge in [-0.25, -0.2) is 4.79 Å². The van der Waals surface area contributed by atoms with Crippen molar-refractivity contribution in [1.29, 1.82) is 0 Å². The highest BCUT2D eigenvalue weighted by Gasteiger charge is 2.20. The number of aromatic nitrogens is 3. The molecule has 0 fully saturated rings. The zero-order valence-electron chi connectivity index (χ0n) is 15.8. The highest BCUT2D eigenvalue weighted by atomic mass is 16.5. The molecule has 0 aliphatic heterocycles. The van der Waals surface area contributed by atoms with Gasteiger partial charge >= 0.3 is 6.03 Å². The summed E-state index contributed by atoms with van der Waals surface area (Å²) in [5, 5.41) is 10.8. The van der Waals surface area contributed by atoms with Crippen molar-refractivity contribution in [3.63, 3.8) is 0 Å². The highest BCUT2D eigenvalue weighted by molar-refractivity contribution is 5.74. The molecule has 1 N–H and O–H groups in total. The number of hydrogen-bond acceptors (Lipinski definition) is 6. The second kappa shape index (κ2) is 8.03. The first-order chi connectivity index (χ1) is 12.9. The van der Waals surface area contributed by atoms with Gasteiger partial charge in [0.15, 0.2) is 5.76 Å². The average molecular weight is 369 g/mol. The van der Waals surface area contributed by atoms with E-state index in [1.165, 1.54) is 4.90 Å². The lowest BCUT2D eigenvalue weighted by atomic mass is 10.1. The Balaban J connectivity index is 1.59. The normalized spacial score (nSPS) is 12.2. The van der Waals surface area contributed by atoms with Crippen LogP contribution < -0.4 is 5.32 Å². The number of hydrogen-bond donors (Lipinski definition) is 1. The number of rotatable bonds is 6. The third-order valence-corrected chi connectivity index (χ3v) is 4.09. The standard InChI is InChI=1S/C19H23N5O3/c1-12(2)16-10-15(26-22-16)11-24(4)19(25)20-13(3)18-21-17(23-27-18)14-8-6-5-7-9-14/h5-10,12-13H,11H2,1-4H3,(H,20,25)/t13-/m0/s1. The molecule has 0 spiro atoms. The molecule has 0 aliphatic carbocycles. The Bertz CT molecular complexity index is 888. The molecule has 0 bridgehead atoms. The van der Waals surface area contributed by atoms with Gasteiger partial charge in [0, 0.05) is 18.7 Å². The lowest BCUT2D eigenvalue weighted by Gasteiger charge is -2.18. The van der Waals surface area contributed by atoms with Crippen LogP contribution in [0.25, 0.3) is 11.4 Å². The molecule has 3 rings (SSSR count). The summed E-state index contributed by atoms with van der Waals surface area (Å²) in [6, 6.07) is 10.7. The molecular weight excluding hydrogens is 346 g/mol. The Morgan fingerprint density at radius 3 is 2.56 bits per heavy atom. The molecule has 2 aromatic heterocycles. The predicted molar refractivity (Wildman–Crippen MR) is 98.7 cm³/mol. The van der Waals surface area contributed by atoms with E-state index in [0.29, 0.717) is 24.0 Å². The van der Waals surface area contributed by atoms with Crippen LogP contribution in [0.3, 0.4) is 0 Å². The van der Waals surface area contributed by atoms with Gasteiger partial charge in [0.25, 0.3) is 0 Å². The van der Waals surface area contributed by atoms with Gasteiger partial charge in [0.2, 0.25) is 11.7 Å². The SMILES string of the molecule is CC(C)c1cc(CN(C)C(=O)N[C@@H](C)c2nc(-c3ccccc3)no2)on1. The van der Waals surface area contributed by atoms with E-state index in [1.807, 2.05) is 50.2 Å². The van der Waals surface area contributed by atoms with Crippen LogP contribution in [-0.4, -0.2) is 33.3 Å². The van der Waals surface area contributed by atoms with Gasteiger partial charge in [-0.2, -0.15) is 4.98 Å². The first kappa shape index (κ1) is 18.6. The number of carbonyl (C=O) groups is 1. The lowest BCUT2D eigenvalue weighted by molar-refractivity contribution is 0.194. The third kappa shape index (κ3) is 4.52. The van der Waals surface area contributed by atoms with E-state index in [0.717, 1.165) is 11.3 Å². The molecule has 8 nitrogen and oxygen atoms in total. The van der Waals surface area contributed by atoms with E-state index < -0.39 is 6.04 Å². The Kier molecular flexibility index (Phi) is 5.54. The van der Waals surface area contributed by atoms with Gasteiger partial charge in [-0.05, 0) is 12.8 Å². The van der Waals surface area contributed by atoms with Gasteiger partial charge in [-0.1, -0.05) is 54.5 Å². The minimum atomic E-state index is -0.425. The van der Waals surface area contributed by atoms with Crippen molar-refractivity contribution in [2.75, 3.05) is 7.05 Å². The Morgan fingerprint density at radius 2 is 1.89 bits per heavy atom. The Morgan fingerprint density at radius 1 is 1.15 bits per heavy atom. The summed E-state index contributed by atoms with van der Waals surface area (Å²) in [6.45, 7) is 6.18. The number of carbonyl (C=O) groups excluding carboxylic acids is 1. The van der Waals surface area contributed by atoms with Crippen LogP contribution in [0.1, 0.15) is 50.1 Å². The average Bonchev–Trinajstić information content (AvgIpc) is 3.32. The molecular formula is C19H23N5O3. The van der Waals surface area contributed by atoms with Gasteiger partial charge in [-0.3, -0.25) is 0 Å². The zero-order chi connectivity index (χ0) is 19.4. The molecule has 142 valence electrons. The molecule has 2 amide bonds. The molecule has 0 unspecified atom stereocenters. The van der Waals surface area contributed by atoms with Crippen molar-refractivity contribution in [2.45, 2.75) is 39.3 Å². The molecule has 0 radical (unpaired) electrons.